The van der Waals surface area contributed by atoms with Crippen LogP contribution in [0.3, 0.4) is 0 Å². The van der Waals surface area contributed by atoms with Crippen LogP contribution in [0.15, 0.2) is 42.5 Å². The third kappa shape index (κ3) is 5.11. The average Bonchev–Trinajstić information content (AvgIpc) is 2.78. The first-order chi connectivity index (χ1) is 15.3. The van der Waals surface area contributed by atoms with Gasteiger partial charge in [0.05, 0.1) is 37.6 Å². The number of nitrogens with zero attached hydrogens (tertiary/aromatic N) is 1. The second kappa shape index (κ2) is 11.0. The van der Waals surface area contributed by atoms with Crippen LogP contribution in [0.25, 0.3) is 0 Å². The summed E-state index contributed by atoms with van der Waals surface area (Å²) in [5, 5.41) is 0. The van der Waals surface area contributed by atoms with E-state index in [0.29, 0.717) is 5.56 Å². The number of hydrogen-bond donors (Lipinski definition) is 1. The molecule has 0 atom stereocenters. The Labute approximate surface area is 185 Å². The Morgan fingerprint density at radius 1 is 0.844 bits per heavy atom. The average molecular weight is 442 g/mol. The smallest absolute Gasteiger partial charge is 0.330 e. The third-order valence-corrected chi connectivity index (χ3v) is 4.58. The zero-order chi connectivity index (χ0) is 23.7. The third-order valence-electron chi connectivity index (χ3n) is 4.58. The van der Waals surface area contributed by atoms with Crippen LogP contribution in [-0.4, -0.2) is 48.5 Å². The normalized spacial score (nSPS) is 10.8. The Balaban J connectivity index is 2.71. The molecule has 9 heteroatoms. The molecule has 0 bridgehead atoms. The summed E-state index contributed by atoms with van der Waals surface area (Å²) in [4.78, 5) is 55.8. The summed E-state index contributed by atoms with van der Waals surface area (Å²) in [6.45, 7) is 4.61. The SMILES string of the molecule is CCOC(=O)CC(C(=O)OCC)(C(=O)OCC)c1ccc(N)c(C(=O)c2ccccc2)n1. The highest BCUT2D eigenvalue weighted by Gasteiger charge is 2.54. The molecule has 0 saturated heterocycles. The van der Waals surface area contributed by atoms with Gasteiger partial charge in [0.2, 0.25) is 11.2 Å². The van der Waals surface area contributed by atoms with E-state index in [1.54, 1.807) is 51.1 Å². The molecule has 0 amide bonds. The molecule has 9 nitrogen and oxygen atoms in total. The Kier molecular flexibility index (Phi) is 8.46. The Bertz CT molecular complexity index is 971. The fourth-order valence-electron chi connectivity index (χ4n) is 3.08. The van der Waals surface area contributed by atoms with E-state index in [2.05, 4.69) is 4.98 Å². The maximum Gasteiger partial charge on any atom is 0.330 e. The summed E-state index contributed by atoms with van der Waals surface area (Å²) in [7, 11) is 0. The highest BCUT2D eigenvalue weighted by Crippen LogP contribution is 2.33. The van der Waals surface area contributed by atoms with Crippen molar-refractivity contribution in [3.05, 3.63) is 59.4 Å². The number of pyridine rings is 1. The van der Waals surface area contributed by atoms with Crippen molar-refractivity contribution < 1.29 is 33.4 Å². The molecule has 1 heterocycles. The van der Waals surface area contributed by atoms with Crippen molar-refractivity contribution in [3.8, 4) is 0 Å². The second-order valence-corrected chi connectivity index (χ2v) is 6.66. The van der Waals surface area contributed by atoms with Gasteiger partial charge in [-0.05, 0) is 32.9 Å². The standard InChI is InChI=1S/C23H26N2O7/c1-4-30-18(26)14-23(21(28)31-5-2,22(29)32-6-3)17-13-12-16(24)19(25-17)20(27)15-10-8-7-9-11-15/h7-13H,4-6,14,24H2,1-3H3. The van der Waals surface area contributed by atoms with Gasteiger partial charge in [-0.3, -0.25) is 19.2 Å². The largest absolute Gasteiger partial charge is 0.466 e. The van der Waals surface area contributed by atoms with Gasteiger partial charge in [0.25, 0.3) is 0 Å². The lowest BCUT2D eigenvalue weighted by atomic mass is 9.80. The molecule has 2 N–H and O–H groups in total. The van der Waals surface area contributed by atoms with E-state index in [1.807, 2.05) is 0 Å². The second-order valence-electron chi connectivity index (χ2n) is 6.66. The van der Waals surface area contributed by atoms with Crippen LogP contribution < -0.4 is 5.73 Å². The van der Waals surface area contributed by atoms with Crippen LogP contribution in [-0.2, 0) is 34.0 Å². The first-order valence-electron chi connectivity index (χ1n) is 10.2. The number of esters is 3. The van der Waals surface area contributed by atoms with E-state index in [9.17, 15) is 19.2 Å². The lowest BCUT2D eigenvalue weighted by Gasteiger charge is -2.28. The van der Waals surface area contributed by atoms with Crippen molar-refractivity contribution in [2.24, 2.45) is 0 Å². The van der Waals surface area contributed by atoms with Crippen LogP contribution in [0.5, 0.6) is 0 Å². The van der Waals surface area contributed by atoms with E-state index in [1.165, 1.54) is 12.1 Å². The molecule has 0 radical (unpaired) electrons. The number of aromatic nitrogens is 1. The number of carbonyl (C=O) groups is 4. The Morgan fingerprint density at radius 3 is 1.94 bits per heavy atom. The Hall–Kier alpha value is -3.75. The van der Waals surface area contributed by atoms with Gasteiger partial charge in [-0.2, -0.15) is 0 Å². The van der Waals surface area contributed by atoms with Gasteiger partial charge in [-0.15, -0.1) is 0 Å². The fourth-order valence-corrected chi connectivity index (χ4v) is 3.08. The molecule has 0 aliphatic carbocycles. The van der Waals surface area contributed by atoms with Crippen molar-refractivity contribution in [1.82, 2.24) is 4.98 Å². The molecule has 0 saturated carbocycles. The number of rotatable bonds is 10. The molecular weight excluding hydrogens is 416 g/mol. The van der Waals surface area contributed by atoms with Crippen LogP contribution in [0.1, 0.15) is 48.9 Å². The molecule has 170 valence electrons. The van der Waals surface area contributed by atoms with Gasteiger partial charge < -0.3 is 19.9 Å². The summed E-state index contributed by atoms with van der Waals surface area (Å²) in [5.74, 6) is -3.42. The zero-order valence-corrected chi connectivity index (χ0v) is 18.3. The summed E-state index contributed by atoms with van der Waals surface area (Å²) in [5.41, 5.74) is 3.70. The molecular formula is C23H26N2O7. The quantitative estimate of drug-likeness (QED) is 0.254. The van der Waals surface area contributed by atoms with Crippen LogP contribution >= 0.6 is 0 Å². The van der Waals surface area contributed by atoms with Crippen LogP contribution in [0, 0.1) is 0 Å². The summed E-state index contributed by atoms with van der Waals surface area (Å²) in [6.07, 6.45) is -0.714. The molecule has 1 aromatic carbocycles. The highest BCUT2D eigenvalue weighted by molar-refractivity contribution is 6.12. The number of anilines is 1. The molecule has 2 aromatic rings. The fraction of sp³-hybridized carbons (Fsp3) is 0.348. The van der Waals surface area contributed by atoms with Gasteiger partial charge in [0.15, 0.2) is 0 Å². The van der Waals surface area contributed by atoms with Gasteiger partial charge in [-0.25, -0.2) is 4.98 Å². The van der Waals surface area contributed by atoms with E-state index >= 15 is 0 Å². The highest BCUT2D eigenvalue weighted by atomic mass is 16.6. The number of ether oxygens (including phenoxy) is 3. The first kappa shape index (κ1) is 24.5. The summed E-state index contributed by atoms with van der Waals surface area (Å²) < 4.78 is 15.2. The summed E-state index contributed by atoms with van der Waals surface area (Å²) >= 11 is 0. The van der Waals surface area contributed by atoms with E-state index < -0.39 is 35.5 Å². The van der Waals surface area contributed by atoms with Gasteiger partial charge in [0, 0.05) is 5.56 Å². The summed E-state index contributed by atoms with van der Waals surface area (Å²) in [6, 6.07) is 10.9. The maximum absolute atomic E-state index is 13.1. The van der Waals surface area contributed by atoms with Crippen molar-refractivity contribution in [3.63, 3.8) is 0 Å². The zero-order valence-electron chi connectivity index (χ0n) is 18.3. The molecule has 1 aromatic heterocycles. The minimum Gasteiger partial charge on any atom is -0.466 e. The Morgan fingerprint density at radius 2 is 1.41 bits per heavy atom. The lowest BCUT2D eigenvalue weighted by Crippen LogP contribution is -2.49. The first-order valence-corrected chi connectivity index (χ1v) is 10.2. The molecule has 2 rings (SSSR count). The van der Waals surface area contributed by atoms with Gasteiger partial charge in [0.1, 0.15) is 5.69 Å². The van der Waals surface area contributed by atoms with E-state index in [0.717, 1.165) is 0 Å². The van der Waals surface area contributed by atoms with Crippen LogP contribution in [0.2, 0.25) is 0 Å². The monoisotopic (exact) mass is 442 g/mol. The van der Waals surface area contributed by atoms with E-state index in [-0.39, 0.29) is 36.9 Å². The topological polar surface area (TPSA) is 135 Å². The number of nitrogens with two attached hydrogens (primary N) is 1. The number of hydrogen-bond acceptors (Lipinski definition) is 9. The van der Waals surface area contributed by atoms with E-state index in [4.69, 9.17) is 19.9 Å². The number of carbonyl (C=O) groups excluding carboxylic acids is 4. The predicted octanol–water partition coefficient (Wildman–Crippen LogP) is 2.21. The lowest BCUT2D eigenvalue weighted by molar-refractivity contribution is -0.170. The number of benzene rings is 1. The van der Waals surface area contributed by atoms with Gasteiger partial charge in [-0.1, -0.05) is 30.3 Å². The molecule has 0 aliphatic heterocycles. The van der Waals surface area contributed by atoms with Crippen molar-refractivity contribution in [2.75, 3.05) is 25.6 Å². The number of nitrogen functional groups attached to an aromatic ring is 1. The van der Waals surface area contributed by atoms with Gasteiger partial charge >= 0.3 is 17.9 Å². The maximum atomic E-state index is 13.1. The van der Waals surface area contributed by atoms with Crippen molar-refractivity contribution >= 4 is 29.4 Å². The molecule has 32 heavy (non-hydrogen) atoms. The molecule has 0 fully saturated rings. The minimum atomic E-state index is -2.27. The van der Waals surface area contributed by atoms with Crippen LogP contribution in [0.4, 0.5) is 5.69 Å². The van der Waals surface area contributed by atoms with Crippen molar-refractivity contribution in [1.29, 1.82) is 0 Å². The predicted molar refractivity (Wildman–Crippen MR) is 115 cm³/mol. The number of ketones is 1. The molecule has 0 aliphatic rings. The minimum absolute atomic E-state index is 0.0352. The molecule has 0 spiro atoms. The van der Waals surface area contributed by atoms with Crippen molar-refractivity contribution in [2.45, 2.75) is 32.6 Å². The molecule has 0 unspecified atom stereocenters.